The molecule has 0 spiro atoms. The Bertz CT molecular complexity index is 683. The fourth-order valence-corrected chi connectivity index (χ4v) is 2.69. The maximum absolute atomic E-state index is 12.8. The number of aromatic nitrogens is 3. The highest BCUT2D eigenvalue weighted by Gasteiger charge is 2.32. The van der Waals surface area contributed by atoms with Gasteiger partial charge in [0.05, 0.1) is 6.54 Å². The van der Waals surface area contributed by atoms with E-state index < -0.39 is 11.5 Å². The maximum Gasteiger partial charge on any atom is 0.345 e. The van der Waals surface area contributed by atoms with Gasteiger partial charge in [-0.3, -0.25) is 14.2 Å². The SMILES string of the molecule is Cn1nc(CN2CCCCC(NC(=O)C(C)(C)C)C2=O)n(C)c1=O. The number of likely N-dealkylation sites (tertiary alicyclic amines) is 1. The summed E-state index contributed by atoms with van der Waals surface area (Å²) in [6.45, 7) is 6.35. The van der Waals surface area contributed by atoms with Gasteiger partial charge < -0.3 is 10.2 Å². The molecule has 1 aliphatic heterocycles. The van der Waals surface area contributed by atoms with E-state index in [1.54, 1.807) is 19.0 Å². The molecule has 1 unspecified atom stereocenters. The van der Waals surface area contributed by atoms with Gasteiger partial charge in [-0.1, -0.05) is 20.8 Å². The lowest BCUT2D eigenvalue weighted by atomic mass is 9.95. The van der Waals surface area contributed by atoms with Crippen LogP contribution in [0.2, 0.25) is 0 Å². The minimum Gasteiger partial charge on any atom is -0.344 e. The molecule has 8 heteroatoms. The summed E-state index contributed by atoms with van der Waals surface area (Å²) in [4.78, 5) is 38.5. The van der Waals surface area contributed by atoms with Crippen molar-refractivity contribution < 1.29 is 9.59 Å². The van der Waals surface area contributed by atoms with Gasteiger partial charge in [0.1, 0.15) is 6.04 Å². The smallest absolute Gasteiger partial charge is 0.344 e. The van der Waals surface area contributed by atoms with Gasteiger partial charge >= 0.3 is 5.69 Å². The van der Waals surface area contributed by atoms with E-state index >= 15 is 0 Å². The number of amides is 2. The van der Waals surface area contributed by atoms with Crippen LogP contribution in [-0.4, -0.2) is 43.6 Å². The van der Waals surface area contributed by atoms with Crippen LogP contribution in [0.25, 0.3) is 0 Å². The van der Waals surface area contributed by atoms with E-state index in [1.807, 2.05) is 20.8 Å². The summed E-state index contributed by atoms with van der Waals surface area (Å²) >= 11 is 0. The predicted octanol–water partition coefficient (Wildman–Crippen LogP) is 0.162. The van der Waals surface area contributed by atoms with Crippen LogP contribution in [0.15, 0.2) is 4.79 Å². The molecule has 0 aliphatic carbocycles. The fraction of sp³-hybridized carbons (Fsp3) is 0.750. The zero-order chi connectivity index (χ0) is 18.1. The standard InChI is InChI=1S/C16H27N5O3/c1-16(2,3)14(23)17-11-8-6-7-9-21(13(11)22)10-12-18-20(5)15(24)19(12)4/h11H,6-10H2,1-5H3,(H,17,23). The van der Waals surface area contributed by atoms with E-state index in [2.05, 4.69) is 10.4 Å². The highest BCUT2D eigenvalue weighted by Crippen LogP contribution is 2.18. The number of hydrogen-bond acceptors (Lipinski definition) is 4. The lowest BCUT2D eigenvalue weighted by Gasteiger charge is -2.27. The van der Waals surface area contributed by atoms with Gasteiger partial charge in [-0.25, -0.2) is 9.48 Å². The fourth-order valence-electron chi connectivity index (χ4n) is 2.69. The first-order valence-electron chi connectivity index (χ1n) is 8.30. The Balaban J connectivity index is 2.15. The first kappa shape index (κ1) is 18.2. The van der Waals surface area contributed by atoms with Crippen molar-refractivity contribution >= 4 is 11.8 Å². The summed E-state index contributed by atoms with van der Waals surface area (Å²) in [7, 11) is 3.23. The molecular formula is C16H27N5O3. The van der Waals surface area contributed by atoms with Crippen molar-refractivity contribution in [3.05, 3.63) is 16.3 Å². The Morgan fingerprint density at radius 1 is 1.25 bits per heavy atom. The molecule has 1 aromatic rings. The van der Waals surface area contributed by atoms with Crippen LogP contribution in [0.1, 0.15) is 45.9 Å². The Kier molecular flexibility index (Phi) is 5.15. The van der Waals surface area contributed by atoms with Crippen molar-refractivity contribution in [2.24, 2.45) is 19.5 Å². The number of aryl methyl sites for hydroxylation is 1. The van der Waals surface area contributed by atoms with E-state index in [9.17, 15) is 14.4 Å². The molecule has 0 aromatic carbocycles. The minimum absolute atomic E-state index is 0.108. The maximum atomic E-state index is 12.8. The number of carbonyl (C=O) groups excluding carboxylic acids is 2. The molecule has 2 rings (SSSR count). The highest BCUT2D eigenvalue weighted by atomic mass is 16.2. The summed E-state index contributed by atoms with van der Waals surface area (Å²) in [6, 6.07) is -0.514. The lowest BCUT2D eigenvalue weighted by molar-refractivity contribution is -0.138. The second kappa shape index (κ2) is 6.78. The average Bonchev–Trinajstić information content (AvgIpc) is 2.64. The second-order valence-electron chi connectivity index (χ2n) is 7.41. The van der Waals surface area contributed by atoms with Crippen molar-refractivity contribution in [1.29, 1.82) is 0 Å². The minimum atomic E-state index is -0.539. The van der Waals surface area contributed by atoms with Crippen LogP contribution in [0.4, 0.5) is 0 Å². The van der Waals surface area contributed by atoms with E-state index in [-0.39, 0.29) is 24.0 Å². The largest absolute Gasteiger partial charge is 0.345 e. The van der Waals surface area contributed by atoms with Gasteiger partial charge in [0.2, 0.25) is 11.8 Å². The average molecular weight is 337 g/mol. The molecule has 1 fully saturated rings. The van der Waals surface area contributed by atoms with Crippen LogP contribution >= 0.6 is 0 Å². The zero-order valence-corrected chi connectivity index (χ0v) is 15.1. The number of hydrogen-bond donors (Lipinski definition) is 1. The van der Waals surface area contributed by atoms with Crippen LogP contribution in [0.5, 0.6) is 0 Å². The van der Waals surface area contributed by atoms with Gasteiger partial charge in [-0.2, -0.15) is 5.10 Å². The summed E-state index contributed by atoms with van der Waals surface area (Å²) in [6.07, 6.45) is 2.38. The molecule has 1 aliphatic rings. The molecule has 8 nitrogen and oxygen atoms in total. The Morgan fingerprint density at radius 3 is 2.46 bits per heavy atom. The van der Waals surface area contributed by atoms with E-state index in [0.717, 1.165) is 12.8 Å². The van der Waals surface area contributed by atoms with Crippen molar-refractivity contribution in [2.75, 3.05) is 6.54 Å². The molecular weight excluding hydrogens is 310 g/mol. The molecule has 0 saturated carbocycles. The summed E-state index contributed by atoms with van der Waals surface area (Å²) in [5.74, 6) is 0.301. The molecule has 24 heavy (non-hydrogen) atoms. The Hall–Kier alpha value is -2.12. The second-order valence-corrected chi connectivity index (χ2v) is 7.41. The van der Waals surface area contributed by atoms with Crippen LogP contribution in [-0.2, 0) is 30.2 Å². The van der Waals surface area contributed by atoms with Crippen LogP contribution < -0.4 is 11.0 Å². The molecule has 1 saturated heterocycles. The molecule has 134 valence electrons. The summed E-state index contributed by atoms with van der Waals surface area (Å²) < 4.78 is 2.71. The van der Waals surface area contributed by atoms with Gasteiger partial charge in [-0.15, -0.1) is 0 Å². The van der Waals surface area contributed by atoms with Crippen molar-refractivity contribution in [3.8, 4) is 0 Å². The van der Waals surface area contributed by atoms with E-state index in [0.29, 0.717) is 18.8 Å². The molecule has 0 bridgehead atoms. The number of rotatable bonds is 3. The molecule has 2 heterocycles. The van der Waals surface area contributed by atoms with E-state index in [4.69, 9.17) is 0 Å². The quantitative estimate of drug-likeness (QED) is 0.851. The third-order valence-electron chi connectivity index (χ3n) is 4.32. The van der Waals surface area contributed by atoms with Gasteiger partial charge in [0.25, 0.3) is 0 Å². The van der Waals surface area contributed by atoms with Crippen molar-refractivity contribution in [2.45, 2.75) is 52.6 Å². The van der Waals surface area contributed by atoms with Crippen molar-refractivity contribution in [3.63, 3.8) is 0 Å². The molecule has 1 N–H and O–H groups in total. The van der Waals surface area contributed by atoms with Crippen LogP contribution in [0.3, 0.4) is 0 Å². The Morgan fingerprint density at radius 2 is 1.92 bits per heavy atom. The topological polar surface area (TPSA) is 89.2 Å². The number of nitrogens with zero attached hydrogens (tertiary/aromatic N) is 4. The van der Waals surface area contributed by atoms with Crippen LogP contribution in [0, 0.1) is 5.41 Å². The third kappa shape index (κ3) is 3.85. The van der Waals surface area contributed by atoms with Crippen molar-refractivity contribution in [1.82, 2.24) is 24.6 Å². The zero-order valence-electron chi connectivity index (χ0n) is 15.1. The Labute approximate surface area is 141 Å². The molecule has 2 amide bonds. The lowest BCUT2D eigenvalue weighted by Crippen LogP contribution is -2.50. The highest BCUT2D eigenvalue weighted by molar-refractivity contribution is 5.89. The first-order chi connectivity index (χ1) is 11.1. The monoisotopic (exact) mass is 337 g/mol. The molecule has 1 aromatic heterocycles. The molecule has 1 atom stereocenters. The van der Waals surface area contributed by atoms with E-state index in [1.165, 1.54) is 9.25 Å². The summed E-state index contributed by atoms with van der Waals surface area (Å²) in [5, 5.41) is 7.05. The van der Waals surface area contributed by atoms with Gasteiger partial charge in [0.15, 0.2) is 5.82 Å². The predicted molar refractivity (Wildman–Crippen MR) is 89.1 cm³/mol. The van der Waals surface area contributed by atoms with Gasteiger partial charge in [0, 0.05) is 26.1 Å². The third-order valence-corrected chi connectivity index (χ3v) is 4.32. The first-order valence-corrected chi connectivity index (χ1v) is 8.30. The molecule has 0 radical (unpaired) electrons. The normalized spacial score (nSPS) is 19.3. The van der Waals surface area contributed by atoms with Gasteiger partial charge in [-0.05, 0) is 19.3 Å². The number of carbonyl (C=O) groups is 2. The number of nitrogens with one attached hydrogen (secondary N) is 1. The summed E-state index contributed by atoms with van der Waals surface area (Å²) in [5.41, 5.74) is -0.757.